The van der Waals surface area contributed by atoms with Crippen LogP contribution in [0.1, 0.15) is 17.4 Å². The van der Waals surface area contributed by atoms with Crippen LogP contribution < -0.4 is 10.1 Å². The number of esters is 1. The summed E-state index contributed by atoms with van der Waals surface area (Å²) in [6.07, 6.45) is 0. The van der Waals surface area contributed by atoms with E-state index in [1.54, 1.807) is 41.8 Å². The van der Waals surface area contributed by atoms with Gasteiger partial charge in [-0.2, -0.15) is 0 Å². The maximum Gasteiger partial charge on any atom is 0.358 e. The highest BCUT2D eigenvalue weighted by Gasteiger charge is 2.15. The number of benzene rings is 2. The van der Waals surface area contributed by atoms with Gasteiger partial charge in [0, 0.05) is 21.7 Å². The number of nitrogens with zero attached hydrogens (tertiary/aromatic N) is 1. The van der Waals surface area contributed by atoms with Gasteiger partial charge in [-0.3, -0.25) is 4.79 Å². The molecule has 2 aromatic carbocycles. The molecule has 6 nitrogen and oxygen atoms in total. The summed E-state index contributed by atoms with van der Waals surface area (Å²) in [6.45, 7) is 2.05. The van der Waals surface area contributed by atoms with E-state index in [9.17, 15) is 9.59 Å². The Morgan fingerprint density at radius 2 is 1.96 bits per heavy atom. The molecule has 0 saturated heterocycles. The zero-order chi connectivity index (χ0) is 19.9. The van der Waals surface area contributed by atoms with Gasteiger partial charge < -0.3 is 14.8 Å². The highest BCUT2D eigenvalue weighted by molar-refractivity contribution is 7.13. The molecule has 0 bridgehead atoms. The second-order valence-electron chi connectivity index (χ2n) is 5.63. The standard InChI is InChI=1S/C20H17ClN2O4S/c1-2-26-16-8-6-15(7-9-16)22-18(24)11-27-20(25)17-12-28-19(23-17)13-4-3-5-14(21)10-13/h3-10,12H,2,11H2,1H3,(H,22,24). The first kappa shape index (κ1) is 19.9. The molecule has 0 unspecified atom stereocenters. The molecule has 3 rings (SSSR count). The molecule has 8 heteroatoms. The van der Waals surface area contributed by atoms with Crippen LogP contribution in [0.3, 0.4) is 0 Å². The number of thiazole rings is 1. The predicted molar refractivity (Wildman–Crippen MR) is 109 cm³/mol. The molecule has 28 heavy (non-hydrogen) atoms. The number of ether oxygens (including phenoxy) is 2. The molecule has 0 aliphatic heterocycles. The van der Waals surface area contributed by atoms with Crippen molar-refractivity contribution in [3.8, 4) is 16.3 Å². The summed E-state index contributed by atoms with van der Waals surface area (Å²) in [4.78, 5) is 28.4. The third-order valence-corrected chi connectivity index (χ3v) is 4.69. The minimum atomic E-state index is -0.661. The van der Waals surface area contributed by atoms with Gasteiger partial charge in [0.15, 0.2) is 12.3 Å². The fourth-order valence-corrected chi connectivity index (χ4v) is 3.30. The van der Waals surface area contributed by atoms with E-state index in [0.29, 0.717) is 28.1 Å². The quantitative estimate of drug-likeness (QED) is 0.567. The van der Waals surface area contributed by atoms with Gasteiger partial charge in [0.2, 0.25) is 0 Å². The summed E-state index contributed by atoms with van der Waals surface area (Å²) in [5.41, 5.74) is 1.54. The topological polar surface area (TPSA) is 77.5 Å². The Morgan fingerprint density at radius 1 is 1.18 bits per heavy atom. The number of nitrogens with one attached hydrogen (secondary N) is 1. The molecule has 3 aromatic rings. The minimum absolute atomic E-state index is 0.147. The van der Waals surface area contributed by atoms with Gasteiger partial charge in [-0.05, 0) is 43.3 Å². The number of carbonyl (C=O) groups is 2. The fraction of sp³-hybridized carbons (Fsp3) is 0.150. The molecule has 0 atom stereocenters. The first-order chi connectivity index (χ1) is 13.5. The third kappa shape index (κ3) is 5.31. The van der Waals surface area contributed by atoms with Crippen LogP contribution in [-0.4, -0.2) is 30.1 Å². The number of hydrogen-bond donors (Lipinski definition) is 1. The van der Waals surface area contributed by atoms with Gasteiger partial charge >= 0.3 is 5.97 Å². The minimum Gasteiger partial charge on any atom is -0.494 e. The maximum atomic E-state index is 12.1. The molecule has 0 aliphatic rings. The van der Waals surface area contributed by atoms with Gasteiger partial charge in [-0.25, -0.2) is 9.78 Å². The summed E-state index contributed by atoms with van der Waals surface area (Å²) < 4.78 is 10.4. The van der Waals surface area contributed by atoms with Gasteiger partial charge in [-0.15, -0.1) is 11.3 Å². The van der Waals surface area contributed by atoms with Crippen LogP contribution in [0.15, 0.2) is 53.9 Å². The van der Waals surface area contributed by atoms with E-state index in [2.05, 4.69) is 10.3 Å². The second-order valence-corrected chi connectivity index (χ2v) is 6.92. The highest BCUT2D eigenvalue weighted by Crippen LogP contribution is 2.26. The number of anilines is 1. The molecule has 0 spiro atoms. The Kier molecular flexibility index (Phi) is 6.62. The van der Waals surface area contributed by atoms with Crippen molar-refractivity contribution in [3.05, 3.63) is 64.6 Å². The van der Waals surface area contributed by atoms with Crippen molar-refractivity contribution < 1.29 is 19.1 Å². The van der Waals surface area contributed by atoms with Crippen molar-refractivity contribution in [2.45, 2.75) is 6.92 Å². The lowest BCUT2D eigenvalue weighted by Crippen LogP contribution is -2.21. The molecule has 1 amide bonds. The van der Waals surface area contributed by atoms with Gasteiger partial charge in [0.25, 0.3) is 5.91 Å². The molecule has 1 heterocycles. The first-order valence-electron chi connectivity index (χ1n) is 8.46. The average Bonchev–Trinajstić information content (AvgIpc) is 3.18. The summed E-state index contributed by atoms with van der Waals surface area (Å²) in [6, 6.07) is 14.1. The van der Waals surface area contributed by atoms with E-state index in [1.165, 1.54) is 11.3 Å². The normalized spacial score (nSPS) is 10.4. The lowest BCUT2D eigenvalue weighted by atomic mass is 10.2. The van der Waals surface area contributed by atoms with Crippen molar-refractivity contribution in [2.24, 2.45) is 0 Å². The number of carbonyl (C=O) groups excluding carboxylic acids is 2. The molecule has 144 valence electrons. The van der Waals surface area contributed by atoms with Gasteiger partial charge in [0.1, 0.15) is 10.8 Å². The molecule has 0 fully saturated rings. The van der Waals surface area contributed by atoms with Crippen molar-refractivity contribution in [1.29, 1.82) is 0 Å². The number of hydrogen-bond acceptors (Lipinski definition) is 6. The Labute approximate surface area is 171 Å². The van der Waals surface area contributed by atoms with E-state index in [1.807, 2.05) is 19.1 Å². The highest BCUT2D eigenvalue weighted by atomic mass is 35.5. The third-order valence-electron chi connectivity index (χ3n) is 3.57. The van der Waals surface area contributed by atoms with Crippen LogP contribution in [0.5, 0.6) is 5.75 Å². The molecule has 1 N–H and O–H groups in total. The van der Waals surface area contributed by atoms with Gasteiger partial charge in [0.05, 0.1) is 6.61 Å². The van der Waals surface area contributed by atoms with Crippen molar-refractivity contribution in [1.82, 2.24) is 4.98 Å². The SMILES string of the molecule is CCOc1ccc(NC(=O)COC(=O)c2csc(-c3cccc(Cl)c3)n2)cc1. The predicted octanol–water partition coefficient (Wildman–Crippen LogP) is 4.66. The van der Waals surface area contributed by atoms with Gasteiger partial charge in [-0.1, -0.05) is 23.7 Å². The lowest BCUT2D eigenvalue weighted by Gasteiger charge is -2.07. The average molecular weight is 417 g/mol. The number of halogens is 1. The molecule has 0 radical (unpaired) electrons. The smallest absolute Gasteiger partial charge is 0.358 e. The van der Waals surface area contributed by atoms with Crippen LogP contribution >= 0.6 is 22.9 Å². The molecule has 0 saturated carbocycles. The van der Waals surface area contributed by atoms with Crippen LogP contribution in [0.2, 0.25) is 5.02 Å². The number of amides is 1. The lowest BCUT2D eigenvalue weighted by molar-refractivity contribution is -0.119. The van der Waals surface area contributed by atoms with Crippen LogP contribution in [-0.2, 0) is 9.53 Å². The number of aromatic nitrogens is 1. The van der Waals surface area contributed by atoms with E-state index in [-0.39, 0.29) is 5.69 Å². The van der Waals surface area contributed by atoms with Crippen molar-refractivity contribution in [2.75, 3.05) is 18.5 Å². The summed E-state index contributed by atoms with van der Waals surface area (Å²) in [5, 5.41) is 5.47. The zero-order valence-electron chi connectivity index (χ0n) is 15.0. The van der Waals surface area contributed by atoms with Crippen molar-refractivity contribution in [3.63, 3.8) is 0 Å². The maximum absolute atomic E-state index is 12.1. The Hall–Kier alpha value is -2.90. The Morgan fingerprint density at radius 3 is 2.68 bits per heavy atom. The van der Waals surface area contributed by atoms with E-state index >= 15 is 0 Å². The molecule has 0 aliphatic carbocycles. The summed E-state index contributed by atoms with van der Waals surface area (Å²) >= 11 is 7.27. The van der Waals surface area contributed by atoms with E-state index < -0.39 is 18.5 Å². The van der Waals surface area contributed by atoms with E-state index in [0.717, 1.165) is 5.56 Å². The first-order valence-corrected chi connectivity index (χ1v) is 9.72. The monoisotopic (exact) mass is 416 g/mol. The molecule has 1 aromatic heterocycles. The molecular formula is C20H17ClN2O4S. The fourth-order valence-electron chi connectivity index (χ4n) is 2.32. The summed E-state index contributed by atoms with van der Waals surface area (Å²) in [5.74, 6) is -0.389. The van der Waals surface area contributed by atoms with Crippen LogP contribution in [0.25, 0.3) is 10.6 Å². The molecular weight excluding hydrogens is 400 g/mol. The number of rotatable bonds is 7. The zero-order valence-corrected chi connectivity index (χ0v) is 16.5. The Balaban J connectivity index is 1.53. The Bertz CT molecular complexity index is 972. The summed E-state index contributed by atoms with van der Waals surface area (Å²) in [7, 11) is 0. The van der Waals surface area contributed by atoms with Crippen LogP contribution in [0, 0.1) is 0 Å². The van der Waals surface area contributed by atoms with Crippen LogP contribution in [0.4, 0.5) is 5.69 Å². The second kappa shape index (κ2) is 9.34. The van der Waals surface area contributed by atoms with Crippen molar-refractivity contribution >= 4 is 40.5 Å². The largest absolute Gasteiger partial charge is 0.494 e. The van der Waals surface area contributed by atoms with E-state index in [4.69, 9.17) is 21.1 Å².